The van der Waals surface area contributed by atoms with E-state index in [2.05, 4.69) is 16.4 Å². The lowest BCUT2D eigenvalue weighted by Crippen LogP contribution is -2.42. The second-order valence-electron chi connectivity index (χ2n) is 7.46. The third-order valence-corrected chi connectivity index (χ3v) is 5.81. The maximum absolute atomic E-state index is 12.9. The number of imidazole rings is 1. The highest BCUT2D eigenvalue weighted by Gasteiger charge is 2.30. The van der Waals surface area contributed by atoms with Crippen LogP contribution in [0, 0.1) is 12.8 Å². The largest absolute Gasteiger partial charge is 0.496 e. The average Bonchev–Trinajstić information content (AvgIpc) is 3.03. The van der Waals surface area contributed by atoms with Gasteiger partial charge in [-0.2, -0.15) is 0 Å². The smallest absolute Gasteiger partial charge is 0.326 e. The molecule has 1 aliphatic heterocycles. The molecule has 0 spiro atoms. The highest BCUT2D eigenvalue weighted by atomic mass is 16.5. The molecule has 5 nitrogen and oxygen atoms in total. The van der Waals surface area contributed by atoms with Gasteiger partial charge < -0.3 is 15.0 Å². The summed E-state index contributed by atoms with van der Waals surface area (Å²) in [6.07, 6.45) is 1.81. The fourth-order valence-electron chi connectivity index (χ4n) is 4.43. The van der Waals surface area contributed by atoms with Gasteiger partial charge in [-0.05, 0) is 49.4 Å². The van der Waals surface area contributed by atoms with Crippen molar-refractivity contribution in [2.75, 3.05) is 20.2 Å². The SMILES string of the molecule is COc1ccccc1CC1CNCCC1n1c(C)c(-c2ccccc2)[nH]c1=O. The van der Waals surface area contributed by atoms with Crippen LogP contribution in [0.1, 0.15) is 23.7 Å². The summed E-state index contributed by atoms with van der Waals surface area (Å²) in [5.74, 6) is 1.23. The van der Waals surface area contributed by atoms with Crippen molar-refractivity contribution < 1.29 is 4.74 Å². The van der Waals surface area contributed by atoms with Gasteiger partial charge in [-0.1, -0.05) is 48.5 Å². The summed E-state index contributed by atoms with van der Waals surface area (Å²) < 4.78 is 7.52. The minimum Gasteiger partial charge on any atom is -0.496 e. The number of rotatable bonds is 5. The van der Waals surface area contributed by atoms with Gasteiger partial charge in [-0.3, -0.25) is 4.57 Å². The Morgan fingerprint density at radius 2 is 1.86 bits per heavy atom. The van der Waals surface area contributed by atoms with Crippen molar-refractivity contribution >= 4 is 0 Å². The number of benzene rings is 2. The fourth-order valence-corrected chi connectivity index (χ4v) is 4.43. The predicted octanol–water partition coefficient (Wildman–Crippen LogP) is 3.55. The molecule has 0 bridgehead atoms. The molecule has 4 rings (SSSR count). The molecule has 1 aromatic heterocycles. The summed E-state index contributed by atoms with van der Waals surface area (Å²) >= 11 is 0. The summed E-state index contributed by atoms with van der Waals surface area (Å²) in [4.78, 5) is 16.0. The van der Waals surface area contributed by atoms with E-state index in [0.29, 0.717) is 5.92 Å². The summed E-state index contributed by atoms with van der Waals surface area (Å²) in [5.41, 5.74) is 4.14. The van der Waals surface area contributed by atoms with Gasteiger partial charge in [0, 0.05) is 18.3 Å². The summed E-state index contributed by atoms with van der Waals surface area (Å²) in [6, 6.07) is 18.4. The highest BCUT2D eigenvalue weighted by molar-refractivity contribution is 5.61. The van der Waals surface area contributed by atoms with E-state index in [4.69, 9.17) is 4.74 Å². The van der Waals surface area contributed by atoms with E-state index in [1.165, 1.54) is 5.56 Å². The quantitative estimate of drug-likeness (QED) is 0.715. The summed E-state index contributed by atoms with van der Waals surface area (Å²) in [5, 5.41) is 3.50. The Kier molecular flexibility index (Phi) is 5.35. The molecule has 2 unspecified atom stereocenters. The Morgan fingerprint density at radius 3 is 2.64 bits per heavy atom. The molecule has 2 atom stereocenters. The van der Waals surface area contributed by atoms with Crippen LogP contribution >= 0.6 is 0 Å². The topological polar surface area (TPSA) is 59.0 Å². The number of para-hydroxylation sites is 1. The summed E-state index contributed by atoms with van der Waals surface area (Å²) in [7, 11) is 1.71. The van der Waals surface area contributed by atoms with Crippen molar-refractivity contribution in [1.29, 1.82) is 0 Å². The number of aromatic nitrogens is 2. The Morgan fingerprint density at radius 1 is 1.11 bits per heavy atom. The lowest BCUT2D eigenvalue weighted by molar-refractivity contribution is 0.245. The van der Waals surface area contributed by atoms with E-state index >= 15 is 0 Å². The van der Waals surface area contributed by atoms with Crippen molar-refractivity contribution in [2.24, 2.45) is 5.92 Å². The number of aromatic amines is 1. The molecule has 1 fully saturated rings. The van der Waals surface area contributed by atoms with Crippen molar-refractivity contribution in [3.05, 3.63) is 76.3 Å². The fraction of sp³-hybridized carbons (Fsp3) is 0.348. The normalized spacial score (nSPS) is 19.5. The molecule has 1 aliphatic rings. The van der Waals surface area contributed by atoms with E-state index in [-0.39, 0.29) is 11.7 Å². The molecule has 1 saturated heterocycles. The number of hydrogen-bond acceptors (Lipinski definition) is 3. The zero-order valence-corrected chi connectivity index (χ0v) is 16.4. The van der Waals surface area contributed by atoms with Gasteiger partial charge in [0.25, 0.3) is 0 Å². The van der Waals surface area contributed by atoms with Gasteiger partial charge in [0.05, 0.1) is 12.8 Å². The lowest BCUT2D eigenvalue weighted by atomic mass is 9.87. The number of nitrogens with one attached hydrogen (secondary N) is 2. The third kappa shape index (κ3) is 3.50. The molecule has 0 aliphatic carbocycles. The number of hydrogen-bond donors (Lipinski definition) is 2. The van der Waals surface area contributed by atoms with Crippen molar-refractivity contribution in [2.45, 2.75) is 25.8 Å². The zero-order chi connectivity index (χ0) is 19.5. The van der Waals surface area contributed by atoms with Crippen LogP contribution in [0.2, 0.25) is 0 Å². The Bertz CT molecular complexity index is 991. The molecular formula is C23H27N3O2. The molecule has 2 N–H and O–H groups in total. The molecule has 146 valence electrons. The number of ether oxygens (including phenoxy) is 1. The van der Waals surface area contributed by atoms with Gasteiger partial charge in [-0.15, -0.1) is 0 Å². The van der Waals surface area contributed by atoms with Crippen LogP contribution in [0.3, 0.4) is 0 Å². The molecule has 28 heavy (non-hydrogen) atoms. The van der Waals surface area contributed by atoms with E-state index in [1.54, 1.807) is 7.11 Å². The van der Waals surface area contributed by atoms with Crippen molar-refractivity contribution in [3.8, 4) is 17.0 Å². The van der Waals surface area contributed by atoms with E-state index in [9.17, 15) is 4.79 Å². The van der Waals surface area contributed by atoms with Crippen molar-refractivity contribution in [1.82, 2.24) is 14.9 Å². The second-order valence-corrected chi connectivity index (χ2v) is 7.46. The lowest BCUT2D eigenvalue weighted by Gasteiger charge is -2.34. The molecule has 2 aromatic carbocycles. The first-order valence-electron chi connectivity index (χ1n) is 9.88. The zero-order valence-electron chi connectivity index (χ0n) is 16.4. The molecule has 0 amide bonds. The molecule has 5 heteroatoms. The standard InChI is InChI=1S/C23H27N3O2/c1-16-22(17-8-4-3-5-9-17)25-23(27)26(16)20-12-13-24-15-19(20)14-18-10-6-7-11-21(18)28-2/h3-11,19-20,24H,12-15H2,1-2H3,(H,25,27). The molecule has 0 saturated carbocycles. The maximum Gasteiger partial charge on any atom is 0.326 e. The molecular weight excluding hydrogens is 350 g/mol. The van der Waals surface area contributed by atoms with Crippen LogP contribution in [0.5, 0.6) is 5.75 Å². The number of methoxy groups -OCH3 is 1. The van der Waals surface area contributed by atoms with E-state index in [0.717, 1.165) is 48.6 Å². The van der Waals surface area contributed by atoms with Gasteiger partial charge in [0.2, 0.25) is 0 Å². The van der Waals surface area contributed by atoms with Gasteiger partial charge >= 0.3 is 5.69 Å². The van der Waals surface area contributed by atoms with Crippen LogP contribution in [-0.4, -0.2) is 29.8 Å². The number of nitrogens with zero attached hydrogens (tertiary/aromatic N) is 1. The van der Waals surface area contributed by atoms with E-state index in [1.807, 2.05) is 60.0 Å². The second kappa shape index (κ2) is 8.07. The minimum atomic E-state index is -0.0201. The van der Waals surface area contributed by atoms with Gasteiger partial charge in [0.15, 0.2) is 0 Å². The first-order valence-corrected chi connectivity index (χ1v) is 9.88. The van der Waals surface area contributed by atoms with Crippen LogP contribution in [0.4, 0.5) is 0 Å². The maximum atomic E-state index is 12.9. The third-order valence-electron chi connectivity index (χ3n) is 5.81. The number of piperidine rings is 1. The highest BCUT2D eigenvalue weighted by Crippen LogP contribution is 2.32. The summed E-state index contributed by atoms with van der Waals surface area (Å²) in [6.45, 7) is 3.85. The predicted molar refractivity (Wildman–Crippen MR) is 112 cm³/mol. The molecule has 3 aromatic rings. The Labute approximate surface area is 165 Å². The number of H-pyrrole nitrogens is 1. The van der Waals surface area contributed by atoms with Crippen LogP contribution in [0.25, 0.3) is 11.3 Å². The first kappa shape index (κ1) is 18.6. The Balaban J connectivity index is 1.69. The first-order chi connectivity index (χ1) is 13.7. The minimum absolute atomic E-state index is 0.0201. The molecule has 2 heterocycles. The average molecular weight is 377 g/mol. The Hall–Kier alpha value is -2.79. The van der Waals surface area contributed by atoms with Crippen LogP contribution in [-0.2, 0) is 6.42 Å². The van der Waals surface area contributed by atoms with E-state index < -0.39 is 0 Å². The molecule has 0 radical (unpaired) electrons. The van der Waals surface area contributed by atoms with Gasteiger partial charge in [-0.25, -0.2) is 4.79 Å². The van der Waals surface area contributed by atoms with Crippen molar-refractivity contribution in [3.63, 3.8) is 0 Å². The van der Waals surface area contributed by atoms with Crippen LogP contribution in [0.15, 0.2) is 59.4 Å². The monoisotopic (exact) mass is 377 g/mol. The van der Waals surface area contributed by atoms with Crippen LogP contribution < -0.4 is 15.7 Å². The van der Waals surface area contributed by atoms with Gasteiger partial charge in [0.1, 0.15) is 5.75 Å².